The second-order valence-corrected chi connectivity index (χ2v) is 9.49. The molecular formula is C21H28NO4S2+. The van der Waals surface area contributed by atoms with Crippen molar-refractivity contribution in [2.24, 2.45) is 5.92 Å². The first-order chi connectivity index (χ1) is 13.3. The van der Waals surface area contributed by atoms with Gasteiger partial charge in [0, 0.05) is 0 Å². The van der Waals surface area contributed by atoms with Crippen LogP contribution in [-0.2, 0) is 19.9 Å². The predicted molar refractivity (Wildman–Crippen MR) is 112 cm³/mol. The fourth-order valence-electron chi connectivity index (χ4n) is 3.40. The van der Waals surface area contributed by atoms with E-state index in [0.717, 1.165) is 0 Å². The molecule has 0 amide bonds. The molecule has 152 valence electrons. The molecule has 1 aliphatic heterocycles. The van der Waals surface area contributed by atoms with Gasteiger partial charge in [0.2, 0.25) is 5.60 Å². The standard InChI is InChI=1S/C21H28NO4S2/c1-14(19-15(2)25-19)13-16(9-10-22(3)4)26-20(23)21(24,17-7-5-11-27-17)18-8-6-12-28-18/h5-8,10-12,14-16,19,24H,9,13H2,1-4H3/q+1. The van der Waals surface area contributed by atoms with E-state index >= 15 is 0 Å². The van der Waals surface area contributed by atoms with Crippen molar-refractivity contribution >= 4 is 34.9 Å². The highest BCUT2D eigenvalue weighted by Gasteiger charge is 2.46. The molecule has 3 rings (SSSR count). The predicted octanol–water partition coefficient (Wildman–Crippen LogP) is 3.50. The molecular weight excluding hydrogens is 394 g/mol. The second-order valence-electron chi connectivity index (χ2n) is 7.59. The number of ether oxygens (including phenoxy) is 2. The van der Waals surface area contributed by atoms with E-state index in [9.17, 15) is 9.90 Å². The van der Waals surface area contributed by atoms with Gasteiger partial charge in [-0.3, -0.25) is 0 Å². The van der Waals surface area contributed by atoms with Gasteiger partial charge in [-0.25, -0.2) is 9.37 Å². The van der Waals surface area contributed by atoms with Crippen molar-refractivity contribution in [1.29, 1.82) is 0 Å². The lowest BCUT2D eigenvalue weighted by molar-refractivity contribution is -0.460. The summed E-state index contributed by atoms with van der Waals surface area (Å²) in [6.07, 6.45) is 3.43. The summed E-state index contributed by atoms with van der Waals surface area (Å²) in [5, 5.41) is 15.1. The second kappa shape index (κ2) is 8.86. The summed E-state index contributed by atoms with van der Waals surface area (Å²) in [6.45, 7) is 4.18. The molecule has 0 aliphatic carbocycles. The molecule has 1 fully saturated rings. The van der Waals surface area contributed by atoms with Crippen molar-refractivity contribution < 1.29 is 24.0 Å². The van der Waals surface area contributed by atoms with Crippen molar-refractivity contribution in [3.8, 4) is 0 Å². The van der Waals surface area contributed by atoms with Crippen LogP contribution in [0.25, 0.3) is 0 Å². The van der Waals surface area contributed by atoms with Crippen LogP contribution in [0.15, 0.2) is 35.0 Å². The zero-order valence-corrected chi connectivity index (χ0v) is 18.3. The Hall–Kier alpha value is -1.54. The van der Waals surface area contributed by atoms with Crippen LogP contribution in [-0.4, -0.2) is 54.3 Å². The molecule has 0 spiro atoms. The maximum atomic E-state index is 13.2. The Morgan fingerprint density at radius 3 is 2.32 bits per heavy atom. The Labute approximate surface area is 174 Å². The number of nitrogens with zero attached hydrogens (tertiary/aromatic N) is 1. The van der Waals surface area contributed by atoms with Gasteiger partial charge in [-0.15, -0.1) is 22.7 Å². The van der Waals surface area contributed by atoms with Gasteiger partial charge >= 0.3 is 5.97 Å². The number of aliphatic hydroxyl groups is 1. The van der Waals surface area contributed by atoms with Crippen LogP contribution in [0.4, 0.5) is 0 Å². The van der Waals surface area contributed by atoms with Gasteiger partial charge < -0.3 is 14.6 Å². The van der Waals surface area contributed by atoms with Gasteiger partial charge in [0.1, 0.15) is 26.4 Å². The van der Waals surface area contributed by atoms with E-state index in [-0.39, 0.29) is 24.2 Å². The highest BCUT2D eigenvalue weighted by atomic mass is 32.1. The number of esters is 1. The Morgan fingerprint density at radius 1 is 1.32 bits per heavy atom. The fraction of sp³-hybridized carbons (Fsp3) is 0.524. The van der Waals surface area contributed by atoms with E-state index in [0.29, 0.717) is 22.6 Å². The van der Waals surface area contributed by atoms with E-state index in [2.05, 4.69) is 13.8 Å². The van der Waals surface area contributed by atoms with Crippen LogP contribution in [0.5, 0.6) is 0 Å². The van der Waals surface area contributed by atoms with Gasteiger partial charge in [-0.05, 0) is 42.2 Å². The zero-order chi connectivity index (χ0) is 20.3. The number of hydrogen-bond donors (Lipinski definition) is 1. The Bertz CT molecular complexity index is 762. The molecule has 0 aromatic carbocycles. The fourth-order valence-corrected chi connectivity index (χ4v) is 5.11. The minimum atomic E-state index is -1.77. The summed E-state index contributed by atoms with van der Waals surface area (Å²) in [7, 11) is 3.89. The molecule has 7 heteroatoms. The topological polar surface area (TPSA) is 62.1 Å². The average Bonchev–Trinajstić information content (AvgIpc) is 3.11. The lowest BCUT2D eigenvalue weighted by Crippen LogP contribution is -2.40. The summed E-state index contributed by atoms with van der Waals surface area (Å²) in [5.41, 5.74) is -1.77. The first-order valence-corrected chi connectivity index (χ1v) is 11.2. The van der Waals surface area contributed by atoms with Crippen molar-refractivity contribution in [1.82, 2.24) is 0 Å². The monoisotopic (exact) mass is 422 g/mol. The van der Waals surface area contributed by atoms with Gasteiger partial charge in [-0.1, -0.05) is 19.1 Å². The number of carbonyl (C=O) groups is 1. The minimum absolute atomic E-state index is 0.217. The summed E-state index contributed by atoms with van der Waals surface area (Å²) >= 11 is 2.70. The van der Waals surface area contributed by atoms with E-state index in [1.807, 2.05) is 47.8 Å². The summed E-state index contributed by atoms with van der Waals surface area (Å²) in [5.74, 6) is -0.341. The van der Waals surface area contributed by atoms with Crippen LogP contribution >= 0.6 is 22.7 Å². The number of thiophene rings is 2. The van der Waals surface area contributed by atoms with Crippen molar-refractivity contribution in [3.63, 3.8) is 0 Å². The van der Waals surface area contributed by atoms with Gasteiger partial charge in [0.15, 0.2) is 0 Å². The highest BCUT2D eigenvalue weighted by molar-refractivity contribution is 7.12. The molecule has 28 heavy (non-hydrogen) atoms. The Morgan fingerprint density at radius 2 is 1.89 bits per heavy atom. The molecule has 0 radical (unpaired) electrons. The molecule has 1 N–H and O–H groups in total. The van der Waals surface area contributed by atoms with Crippen molar-refractivity contribution in [2.45, 2.75) is 50.6 Å². The summed E-state index contributed by atoms with van der Waals surface area (Å²) in [6, 6.07) is 7.21. The molecule has 0 saturated carbocycles. The Balaban J connectivity index is 1.81. The number of hydrogen-bond acceptors (Lipinski definition) is 6. The number of epoxide rings is 1. The SMILES string of the molecule is CC(CC(CC=[N+](C)C)OC(=O)C(O)(c1cccs1)c1cccs1)C1OC1C. The van der Waals surface area contributed by atoms with Gasteiger partial charge in [-0.2, -0.15) is 0 Å². The minimum Gasteiger partial charge on any atom is -0.459 e. The molecule has 4 atom stereocenters. The summed E-state index contributed by atoms with van der Waals surface area (Å²) in [4.78, 5) is 14.4. The molecule has 2 aromatic heterocycles. The molecule has 0 bridgehead atoms. The van der Waals surface area contributed by atoms with Gasteiger partial charge in [0.25, 0.3) is 0 Å². The van der Waals surface area contributed by atoms with Crippen LogP contribution in [0.3, 0.4) is 0 Å². The normalized spacial score (nSPS) is 21.0. The summed E-state index contributed by atoms with van der Waals surface area (Å²) < 4.78 is 13.4. The quantitative estimate of drug-likeness (QED) is 0.291. The third kappa shape index (κ3) is 4.71. The van der Waals surface area contributed by atoms with Crippen LogP contribution in [0, 0.1) is 5.92 Å². The highest BCUT2D eigenvalue weighted by Crippen LogP contribution is 2.38. The van der Waals surface area contributed by atoms with Crippen LogP contribution in [0.2, 0.25) is 0 Å². The third-order valence-corrected chi connectivity index (χ3v) is 6.97. The molecule has 5 nitrogen and oxygen atoms in total. The number of rotatable bonds is 9. The van der Waals surface area contributed by atoms with E-state index in [1.54, 1.807) is 12.1 Å². The molecule has 1 aliphatic rings. The van der Waals surface area contributed by atoms with E-state index < -0.39 is 11.6 Å². The molecule has 4 unspecified atom stereocenters. The smallest absolute Gasteiger partial charge is 0.349 e. The Kier molecular flexibility index (Phi) is 6.70. The molecule has 2 aromatic rings. The van der Waals surface area contributed by atoms with Crippen LogP contribution in [0.1, 0.15) is 36.4 Å². The number of carbonyl (C=O) groups excluding carboxylic acids is 1. The lowest BCUT2D eigenvalue weighted by atomic mass is 9.96. The van der Waals surface area contributed by atoms with E-state index in [1.165, 1.54) is 22.7 Å². The first kappa shape index (κ1) is 21.2. The lowest BCUT2D eigenvalue weighted by Gasteiger charge is -2.27. The maximum absolute atomic E-state index is 13.2. The maximum Gasteiger partial charge on any atom is 0.349 e. The van der Waals surface area contributed by atoms with E-state index in [4.69, 9.17) is 9.47 Å². The van der Waals surface area contributed by atoms with Crippen LogP contribution < -0.4 is 0 Å². The molecule has 1 saturated heterocycles. The third-order valence-electron chi connectivity index (χ3n) is 5.01. The zero-order valence-electron chi connectivity index (χ0n) is 16.7. The van der Waals surface area contributed by atoms with Gasteiger partial charge in [0.05, 0.1) is 28.4 Å². The van der Waals surface area contributed by atoms with Crippen molar-refractivity contribution in [3.05, 3.63) is 44.8 Å². The van der Waals surface area contributed by atoms with Crippen molar-refractivity contribution in [2.75, 3.05) is 14.1 Å². The average molecular weight is 423 g/mol. The first-order valence-electron chi connectivity index (χ1n) is 9.49. The molecule has 3 heterocycles. The largest absolute Gasteiger partial charge is 0.459 e.